The Morgan fingerprint density at radius 2 is 1.83 bits per heavy atom. The molecule has 0 aromatic heterocycles. The summed E-state index contributed by atoms with van der Waals surface area (Å²) in [5.74, 6) is 0.925. The van der Waals surface area contributed by atoms with E-state index in [1.54, 1.807) is 7.11 Å². The number of methoxy groups -OCH3 is 1. The summed E-state index contributed by atoms with van der Waals surface area (Å²) in [6, 6.07) is 9.81. The minimum absolute atomic E-state index is 0.101. The fourth-order valence-corrected chi connectivity index (χ4v) is 4.65. The molecule has 1 N–H and O–H groups in total. The van der Waals surface area contributed by atoms with Crippen LogP contribution in [-0.4, -0.2) is 42.6 Å². The largest absolute Gasteiger partial charge is 0.493 e. The zero-order valence-electron chi connectivity index (χ0n) is 17.6. The third-order valence-electron chi connectivity index (χ3n) is 5.21. The molecule has 30 heavy (non-hydrogen) atoms. The van der Waals surface area contributed by atoms with Gasteiger partial charge in [-0.05, 0) is 79.0 Å². The summed E-state index contributed by atoms with van der Waals surface area (Å²) in [7, 11) is 1.60. The van der Waals surface area contributed by atoms with E-state index in [1.807, 2.05) is 44.2 Å². The summed E-state index contributed by atoms with van der Waals surface area (Å²) in [6.45, 7) is 5.83. The molecule has 0 unspecified atom stereocenters. The smallest absolute Gasteiger partial charge is 0.262 e. The number of amides is 1. The van der Waals surface area contributed by atoms with Crippen LogP contribution in [0.4, 0.5) is 5.69 Å². The first-order valence-electron chi connectivity index (χ1n) is 10.1. The quantitative estimate of drug-likeness (QED) is 0.410. The standard InChI is InChI=1S/C23H27IN2O3S/c1-15-8-7-9-16(2)21(15)25-20(27)14-29-22-18(24)12-17(13-19(22)28-3)23(30)26-10-5-4-6-11-26/h7-9,12-13H,4-6,10-11,14H2,1-3H3,(H,25,27). The predicted molar refractivity (Wildman–Crippen MR) is 133 cm³/mol. The minimum Gasteiger partial charge on any atom is -0.493 e. The Balaban J connectivity index is 1.71. The van der Waals surface area contributed by atoms with E-state index in [2.05, 4.69) is 32.8 Å². The molecule has 1 aliphatic heterocycles. The summed E-state index contributed by atoms with van der Waals surface area (Å²) in [4.78, 5) is 15.6. The van der Waals surface area contributed by atoms with Gasteiger partial charge in [0.05, 0.1) is 10.7 Å². The lowest BCUT2D eigenvalue weighted by molar-refractivity contribution is -0.118. The van der Waals surface area contributed by atoms with E-state index < -0.39 is 0 Å². The number of likely N-dealkylation sites (tertiary alicyclic amines) is 1. The number of para-hydroxylation sites is 1. The number of nitrogens with one attached hydrogen (secondary N) is 1. The van der Waals surface area contributed by atoms with Gasteiger partial charge in [0.15, 0.2) is 18.1 Å². The number of benzene rings is 2. The normalized spacial score (nSPS) is 13.7. The highest BCUT2D eigenvalue weighted by Crippen LogP contribution is 2.35. The Morgan fingerprint density at radius 1 is 1.17 bits per heavy atom. The molecule has 0 spiro atoms. The van der Waals surface area contributed by atoms with Gasteiger partial charge in [-0.1, -0.05) is 30.4 Å². The maximum Gasteiger partial charge on any atom is 0.262 e. The number of rotatable bonds is 6. The molecule has 3 rings (SSSR count). The average molecular weight is 538 g/mol. The van der Waals surface area contributed by atoms with E-state index in [9.17, 15) is 4.79 Å². The summed E-state index contributed by atoms with van der Waals surface area (Å²) < 4.78 is 12.3. The Kier molecular flexibility index (Phi) is 7.93. The van der Waals surface area contributed by atoms with Crippen molar-refractivity contribution in [2.45, 2.75) is 33.1 Å². The third kappa shape index (κ3) is 5.43. The van der Waals surface area contributed by atoms with Crippen LogP contribution in [-0.2, 0) is 4.79 Å². The monoisotopic (exact) mass is 538 g/mol. The van der Waals surface area contributed by atoms with Crippen molar-refractivity contribution in [1.29, 1.82) is 0 Å². The van der Waals surface area contributed by atoms with Gasteiger partial charge in [-0.3, -0.25) is 4.79 Å². The summed E-state index contributed by atoms with van der Waals surface area (Å²) in [6.07, 6.45) is 3.60. The van der Waals surface area contributed by atoms with E-state index in [-0.39, 0.29) is 12.5 Å². The molecule has 2 aromatic rings. The lowest BCUT2D eigenvalue weighted by atomic mass is 10.1. The second-order valence-corrected chi connectivity index (χ2v) is 8.99. The van der Waals surface area contributed by atoms with Crippen molar-refractivity contribution in [1.82, 2.24) is 4.90 Å². The number of thiocarbonyl (C=S) groups is 1. The Bertz CT molecular complexity index is 922. The van der Waals surface area contributed by atoms with Gasteiger partial charge in [0, 0.05) is 24.3 Å². The topological polar surface area (TPSA) is 50.8 Å². The number of nitrogens with zero attached hydrogens (tertiary/aromatic N) is 1. The SMILES string of the molecule is COc1cc(C(=S)N2CCCCC2)cc(I)c1OCC(=O)Nc1c(C)cccc1C. The summed E-state index contributed by atoms with van der Waals surface area (Å²) >= 11 is 7.92. The maximum absolute atomic E-state index is 12.5. The zero-order chi connectivity index (χ0) is 21.7. The number of anilines is 1. The molecule has 1 aliphatic rings. The summed E-state index contributed by atoms with van der Waals surface area (Å²) in [5, 5.41) is 2.94. The molecule has 0 atom stereocenters. The van der Waals surface area contributed by atoms with Gasteiger partial charge in [-0.25, -0.2) is 0 Å². The number of carbonyl (C=O) groups excluding carboxylic acids is 1. The van der Waals surface area contributed by atoms with Gasteiger partial charge in [0.25, 0.3) is 5.91 Å². The van der Waals surface area contributed by atoms with Crippen LogP contribution >= 0.6 is 34.8 Å². The summed E-state index contributed by atoms with van der Waals surface area (Å²) in [5.41, 5.74) is 3.81. The highest BCUT2D eigenvalue weighted by molar-refractivity contribution is 14.1. The molecule has 0 saturated carbocycles. The van der Waals surface area contributed by atoms with Crippen LogP contribution in [0.15, 0.2) is 30.3 Å². The van der Waals surface area contributed by atoms with Crippen LogP contribution in [0.1, 0.15) is 36.0 Å². The van der Waals surface area contributed by atoms with Crippen molar-refractivity contribution in [3.05, 3.63) is 50.6 Å². The van der Waals surface area contributed by atoms with E-state index >= 15 is 0 Å². The molecular formula is C23H27IN2O3S. The van der Waals surface area contributed by atoms with Gasteiger partial charge in [-0.2, -0.15) is 0 Å². The van der Waals surface area contributed by atoms with E-state index in [0.29, 0.717) is 11.5 Å². The van der Waals surface area contributed by atoms with E-state index in [1.165, 1.54) is 19.3 Å². The molecule has 0 bridgehead atoms. The lowest BCUT2D eigenvalue weighted by Gasteiger charge is -2.29. The third-order valence-corrected chi connectivity index (χ3v) is 6.51. The van der Waals surface area contributed by atoms with Crippen molar-refractivity contribution in [3.63, 3.8) is 0 Å². The Hall–Kier alpha value is -1.87. The van der Waals surface area contributed by atoms with Crippen molar-refractivity contribution in [2.75, 3.05) is 32.1 Å². The number of ether oxygens (including phenoxy) is 2. The second-order valence-electron chi connectivity index (χ2n) is 7.45. The van der Waals surface area contributed by atoms with Crippen LogP contribution in [0.5, 0.6) is 11.5 Å². The Labute approximate surface area is 197 Å². The van der Waals surface area contributed by atoms with Gasteiger partial charge in [0.1, 0.15) is 4.99 Å². The van der Waals surface area contributed by atoms with Crippen LogP contribution in [0.3, 0.4) is 0 Å². The van der Waals surface area contributed by atoms with E-state index in [4.69, 9.17) is 21.7 Å². The van der Waals surface area contributed by atoms with Crippen LogP contribution in [0.2, 0.25) is 0 Å². The van der Waals surface area contributed by atoms with Gasteiger partial charge >= 0.3 is 0 Å². The molecule has 160 valence electrons. The molecular weight excluding hydrogens is 511 g/mol. The van der Waals surface area contributed by atoms with Crippen LogP contribution in [0.25, 0.3) is 0 Å². The molecule has 2 aromatic carbocycles. The second kappa shape index (κ2) is 10.4. The molecule has 0 radical (unpaired) electrons. The number of hydrogen-bond donors (Lipinski definition) is 1. The molecule has 1 saturated heterocycles. The first kappa shape index (κ1) is 22.8. The molecule has 0 aliphatic carbocycles. The van der Waals surface area contributed by atoms with Crippen molar-refractivity contribution in [2.24, 2.45) is 0 Å². The Morgan fingerprint density at radius 3 is 2.47 bits per heavy atom. The highest BCUT2D eigenvalue weighted by Gasteiger charge is 2.19. The van der Waals surface area contributed by atoms with Gasteiger partial charge < -0.3 is 19.7 Å². The maximum atomic E-state index is 12.5. The fourth-order valence-electron chi connectivity index (χ4n) is 3.59. The number of halogens is 1. The number of piperidine rings is 1. The number of aryl methyl sites for hydroxylation is 2. The van der Waals surface area contributed by atoms with Crippen LogP contribution < -0.4 is 14.8 Å². The lowest BCUT2D eigenvalue weighted by Crippen LogP contribution is -2.35. The zero-order valence-corrected chi connectivity index (χ0v) is 20.6. The van der Waals surface area contributed by atoms with Crippen molar-refractivity contribution < 1.29 is 14.3 Å². The van der Waals surface area contributed by atoms with E-state index in [0.717, 1.165) is 44.0 Å². The van der Waals surface area contributed by atoms with Crippen LogP contribution in [0, 0.1) is 17.4 Å². The molecule has 1 amide bonds. The first-order chi connectivity index (χ1) is 14.4. The van der Waals surface area contributed by atoms with Gasteiger partial charge in [-0.15, -0.1) is 0 Å². The predicted octanol–water partition coefficient (Wildman–Crippen LogP) is 5.10. The molecule has 5 nitrogen and oxygen atoms in total. The highest BCUT2D eigenvalue weighted by atomic mass is 127. The molecule has 1 heterocycles. The fraction of sp³-hybridized carbons (Fsp3) is 0.391. The number of hydrogen-bond acceptors (Lipinski definition) is 4. The van der Waals surface area contributed by atoms with Gasteiger partial charge in [0.2, 0.25) is 0 Å². The minimum atomic E-state index is -0.210. The molecule has 7 heteroatoms. The average Bonchev–Trinajstić information content (AvgIpc) is 2.75. The first-order valence-corrected chi connectivity index (χ1v) is 11.5. The number of carbonyl (C=O) groups is 1. The molecule has 1 fully saturated rings. The van der Waals surface area contributed by atoms with Crippen molar-refractivity contribution in [3.8, 4) is 11.5 Å². The van der Waals surface area contributed by atoms with Crippen molar-refractivity contribution >= 4 is 51.4 Å².